The minimum atomic E-state index is -0.379. The van der Waals surface area contributed by atoms with Crippen LogP contribution in [0.2, 0.25) is 0 Å². The first-order valence-electron chi connectivity index (χ1n) is 4.35. The van der Waals surface area contributed by atoms with E-state index in [1.807, 2.05) is 6.07 Å². The van der Waals surface area contributed by atoms with Crippen LogP contribution in [0.15, 0.2) is 55.1 Å². The van der Waals surface area contributed by atoms with Crippen LogP contribution in [0, 0.1) is 0 Å². The molecule has 0 bridgehead atoms. The Bertz CT molecular complexity index is 362. The molecule has 0 aliphatic carbocycles. The molecule has 15 heavy (non-hydrogen) atoms. The Labute approximate surface area is 87.8 Å². The predicted octanol–water partition coefficient (Wildman–Crippen LogP) is 1.26. The summed E-state index contributed by atoms with van der Waals surface area (Å²) in [5.41, 5.74) is 5.53. The van der Waals surface area contributed by atoms with Gasteiger partial charge in [0.1, 0.15) is 6.33 Å². The summed E-state index contributed by atoms with van der Waals surface area (Å²) in [6.45, 7) is 0. The molecule has 1 aromatic heterocycles. The smallest absolute Gasteiger partial charge is 0.248 e. The molecule has 0 unspecified atom stereocenters. The minimum absolute atomic E-state index is 0.379. The Morgan fingerprint density at radius 1 is 1.00 bits per heavy atom. The highest BCUT2D eigenvalue weighted by Crippen LogP contribution is 1.94. The number of benzene rings is 1. The molecule has 0 aliphatic rings. The fourth-order valence-electron chi connectivity index (χ4n) is 0.856. The van der Waals surface area contributed by atoms with E-state index in [1.165, 1.54) is 6.33 Å². The monoisotopic (exact) mass is 201 g/mol. The molecule has 1 heterocycles. The highest BCUT2D eigenvalue weighted by atomic mass is 16.1. The number of hydrogen-bond donors (Lipinski definition) is 1. The molecule has 0 fully saturated rings. The van der Waals surface area contributed by atoms with Gasteiger partial charge in [0.15, 0.2) is 0 Å². The summed E-state index contributed by atoms with van der Waals surface area (Å²) in [5, 5.41) is 0. The zero-order valence-electron chi connectivity index (χ0n) is 8.08. The normalized spacial score (nSPS) is 8.53. The van der Waals surface area contributed by atoms with Crippen LogP contribution in [0.1, 0.15) is 10.4 Å². The van der Waals surface area contributed by atoms with Crippen molar-refractivity contribution in [3.8, 4) is 0 Å². The maximum atomic E-state index is 10.4. The molecule has 1 aromatic carbocycles. The first-order chi connectivity index (χ1) is 7.30. The molecule has 4 nitrogen and oxygen atoms in total. The van der Waals surface area contributed by atoms with Gasteiger partial charge in [-0.2, -0.15) is 0 Å². The highest BCUT2D eigenvalue weighted by Gasteiger charge is 1.93. The van der Waals surface area contributed by atoms with E-state index in [1.54, 1.807) is 42.7 Å². The van der Waals surface area contributed by atoms with Gasteiger partial charge in [-0.05, 0) is 18.2 Å². The Morgan fingerprint density at radius 3 is 1.87 bits per heavy atom. The third-order valence-electron chi connectivity index (χ3n) is 1.54. The number of amides is 1. The van der Waals surface area contributed by atoms with Crippen molar-refractivity contribution in [2.75, 3.05) is 0 Å². The molecular formula is C11H11N3O. The Kier molecular flexibility index (Phi) is 4.53. The van der Waals surface area contributed by atoms with Crippen LogP contribution in [0.3, 0.4) is 0 Å². The molecule has 0 atom stereocenters. The molecular weight excluding hydrogens is 190 g/mol. The summed E-state index contributed by atoms with van der Waals surface area (Å²) in [7, 11) is 0. The number of carbonyl (C=O) groups excluding carboxylic acids is 1. The van der Waals surface area contributed by atoms with Gasteiger partial charge in [0, 0.05) is 18.0 Å². The zero-order valence-corrected chi connectivity index (χ0v) is 8.08. The van der Waals surface area contributed by atoms with E-state index < -0.39 is 0 Å². The lowest BCUT2D eigenvalue weighted by atomic mass is 10.2. The van der Waals surface area contributed by atoms with Crippen LogP contribution >= 0.6 is 0 Å². The topological polar surface area (TPSA) is 68.9 Å². The molecule has 2 aromatic rings. The number of nitrogens with two attached hydrogens (primary N) is 1. The number of aromatic nitrogens is 2. The summed E-state index contributed by atoms with van der Waals surface area (Å²) in [6.07, 6.45) is 4.88. The van der Waals surface area contributed by atoms with Crippen LogP contribution < -0.4 is 5.73 Å². The van der Waals surface area contributed by atoms with Gasteiger partial charge in [-0.1, -0.05) is 18.2 Å². The van der Waals surface area contributed by atoms with Crippen molar-refractivity contribution < 1.29 is 4.79 Å². The average molecular weight is 201 g/mol. The molecule has 0 saturated carbocycles. The van der Waals surface area contributed by atoms with Gasteiger partial charge in [-0.15, -0.1) is 0 Å². The quantitative estimate of drug-likeness (QED) is 0.755. The standard InChI is InChI=1S/C7H7NO.C4H4N2/c8-7(9)6-4-2-1-3-5-6;1-2-5-4-6-3-1/h1-5H,(H2,8,9);1-4H. The molecule has 76 valence electrons. The predicted molar refractivity (Wildman–Crippen MR) is 57.0 cm³/mol. The Morgan fingerprint density at radius 2 is 1.60 bits per heavy atom. The van der Waals surface area contributed by atoms with Crippen molar-refractivity contribution in [2.24, 2.45) is 5.73 Å². The molecule has 4 heteroatoms. The molecule has 1 amide bonds. The van der Waals surface area contributed by atoms with E-state index in [2.05, 4.69) is 9.97 Å². The number of rotatable bonds is 1. The van der Waals surface area contributed by atoms with E-state index >= 15 is 0 Å². The van der Waals surface area contributed by atoms with E-state index in [0.29, 0.717) is 5.56 Å². The fraction of sp³-hybridized carbons (Fsp3) is 0. The maximum Gasteiger partial charge on any atom is 0.248 e. The minimum Gasteiger partial charge on any atom is -0.366 e. The van der Waals surface area contributed by atoms with Crippen molar-refractivity contribution in [3.05, 3.63) is 60.7 Å². The molecule has 0 saturated heterocycles. The third kappa shape index (κ3) is 4.52. The van der Waals surface area contributed by atoms with Gasteiger partial charge in [0.2, 0.25) is 5.91 Å². The first kappa shape index (κ1) is 10.8. The van der Waals surface area contributed by atoms with Crippen LogP contribution in [0.25, 0.3) is 0 Å². The van der Waals surface area contributed by atoms with Gasteiger partial charge < -0.3 is 5.73 Å². The second-order valence-corrected chi connectivity index (χ2v) is 2.63. The van der Waals surface area contributed by atoms with Crippen molar-refractivity contribution >= 4 is 5.91 Å². The van der Waals surface area contributed by atoms with E-state index in [9.17, 15) is 4.79 Å². The molecule has 0 aliphatic heterocycles. The average Bonchev–Trinajstić information content (AvgIpc) is 2.33. The van der Waals surface area contributed by atoms with Crippen LogP contribution in [0.4, 0.5) is 0 Å². The van der Waals surface area contributed by atoms with Gasteiger partial charge in [-0.3, -0.25) is 4.79 Å². The van der Waals surface area contributed by atoms with Crippen molar-refractivity contribution in [1.29, 1.82) is 0 Å². The second kappa shape index (κ2) is 6.26. The number of primary amides is 1. The maximum absolute atomic E-state index is 10.4. The van der Waals surface area contributed by atoms with Crippen LogP contribution in [-0.4, -0.2) is 15.9 Å². The Balaban J connectivity index is 0.000000162. The SMILES string of the molecule is NC(=O)c1ccccc1.c1cncnc1. The molecule has 2 N–H and O–H groups in total. The van der Waals surface area contributed by atoms with E-state index in [4.69, 9.17) is 5.73 Å². The molecule has 0 spiro atoms. The van der Waals surface area contributed by atoms with Gasteiger partial charge in [0.25, 0.3) is 0 Å². The van der Waals surface area contributed by atoms with Crippen molar-refractivity contribution in [2.45, 2.75) is 0 Å². The van der Waals surface area contributed by atoms with Crippen molar-refractivity contribution in [3.63, 3.8) is 0 Å². The summed E-state index contributed by atoms with van der Waals surface area (Å²) in [5.74, 6) is -0.379. The summed E-state index contributed by atoms with van der Waals surface area (Å²) in [4.78, 5) is 17.8. The molecule has 0 radical (unpaired) electrons. The van der Waals surface area contributed by atoms with Gasteiger partial charge in [-0.25, -0.2) is 9.97 Å². The lowest BCUT2D eigenvalue weighted by molar-refractivity contribution is 0.100. The van der Waals surface area contributed by atoms with Gasteiger partial charge in [0.05, 0.1) is 0 Å². The fourth-order valence-corrected chi connectivity index (χ4v) is 0.856. The summed E-state index contributed by atoms with van der Waals surface area (Å²) >= 11 is 0. The number of carbonyl (C=O) groups is 1. The van der Waals surface area contributed by atoms with Crippen LogP contribution in [-0.2, 0) is 0 Å². The first-order valence-corrected chi connectivity index (χ1v) is 4.35. The number of nitrogens with zero attached hydrogens (tertiary/aromatic N) is 2. The number of hydrogen-bond acceptors (Lipinski definition) is 3. The van der Waals surface area contributed by atoms with Crippen LogP contribution in [0.5, 0.6) is 0 Å². The Hall–Kier alpha value is -2.23. The second-order valence-electron chi connectivity index (χ2n) is 2.63. The highest BCUT2D eigenvalue weighted by molar-refractivity contribution is 5.92. The van der Waals surface area contributed by atoms with Gasteiger partial charge >= 0.3 is 0 Å². The molecule has 2 rings (SSSR count). The van der Waals surface area contributed by atoms with E-state index in [-0.39, 0.29) is 5.91 Å². The third-order valence-corrected chi connectivity index (χ3v) is 1.54. The summed E-state index contributed by atoms with van der Waals surface area (Å²) in [6, 6.07) is 10.5. The lowest BCUT2D eigenvalue weighted by Crippen LogP contribution is -2.09. The lowest BCUT2D eigenvalue weighted by Gasteiger charge is -1.89. The van der Waals surface area contributed by atoms with E-state index in [0.717, 1.165) is 0 Å². The van der Waals surface area contributed by atoms with Crippen molar-refractivity contribution in [1.82, 2.24) is 9.97 Å². The summed E-state index contributed by atoms with van der Waals surface area (Å²) < 4.78 is 0. The largest absolute Gasteiger partial charge is 0.366 e. The zero-order chi connectivity index (χ0) is 10.9.